The Morgan fingerprint density at radius 2 is 1.88 bits per heavy atom. The Morgan fingerprint density at radius 3 is 2.44 bits per heavy atom. The second kappa shape index (κ2) is 8.06. The molecule has 1 amide bonds. The fourth-order valence-electron chi connectivity index (χ4n) is 2.37. The molecular weight excluding hydrogens is 345 g/mol. The first-order valence-electron chi connectivity index (χ1n) is 7.52. The minimum atomic E-state index is -1.19. The summed E-state index contributed by atoms with van der Waals surface area (Å²) in [5, 5.41) is 12.0. The summed E-state index contributed by atoms with van der Waals surface area (Å²) >= 11 is 1.45. The van der Waals surface area contributed by atoms with Crippen LogP contribution in [-0.4, -0.2) is 33.2 Å². The van der Waals surface area contributed by atoms with Gasteiger partial charge in [-0.25, -0.2) is 19.2 Å². The number of thioether (sulfide) groups is 1. The number of amides is 1. The van der Waals surface area contributed by atoms with Crippen molar-refractivity contribution in [1.29, 1.82) is 0 Å². The minimum absolute atomic E-state index is 0.0931. The summed E-state index contributed by atoms with van der Waals surface area (Å²) < 4.78 is 13.7. The van der Waals surface area contributed by atoms with Crippen molar-refractivity contribution < 1.29 is 19.1 Å². The van der Waals surface area contributed by atoms with Gasteiger partial charge in [-0.2, -0.15) is 0 Å². The Kier molecular flexibility index (Phi) is 6.08. The third-order valence-corrected chi connectivity index (χ3v) is 4.22. The summed E-state index contributed by atoms with van der Waals surface area (Å²) in [4.78, 5) is 31.7. The van der Waals surface area contributed by atoms with E-state index in [1.54, 1.807) is 0 Å². The first-order chi connectivity index (χ1) is 11.8. The number of hydrogen-bond donors (Lipinski definition) is 2. The molecular formula is C17H18FN3O3S. The van der Waals surface area contributed by atoms with Crippen molar-refractivity contribution in [2.24, 2.45) is 0 Å². The van der Waals surface area contributed by atoms with Crippen molar-refractivity contribution in [2.75, 3.05) is 11.6 Å². The van der Waals surface area contributed by atoms with Crippen LogP contribution in [0.3, 0.4) is 0 Å². The molecule has 0 fully saturated rings. The van der Waals surface area contributed by atoms with E-state index < -0.39 is 17.7 Å². The molecule has 1 heterocycles. The zero-order valence-corrected chi connectivity index (χ0v) is 14.9. The van der Waals surface area contributed by atoms with Crippen molar-refractivity contribution in [3.05, 3.63) is 46.5 Å². The van der Waals surface area contributed by atoms with Crippen LogP contribution in [0.4, 0.5) is 10.1 Å². The van der Waals surface area contributed by atoms with Crippen LogP contribution in [0.25, 0.3) is 0 Å². The minimum Gasteiger partial charge on any atom is -0.478 e. The van der Waals surface area contributed by atoms with E-state index in [1.807, 2.05) is 20.1 Å². The maximum atomic E-state index is 13.7. The molecule has 2 aromatic rings. The van der Waals surface area contributed by atoms with E-state index in [9.17, 15) is 14.0 Å². The van der Waals surface area contributed by atoms with E-state index >= 15 is 0 Å². The van der Waals surface area contributed by atoms with Crippen LogP contribution >= 0.6 is 11.8 Å². The fourth-order valence-corrected chi connectivity index (χ4v) is 2.82. The summed E-state index contributed by atoms with van der Waals surface area (Å²) in [6.45, 7) is 3.72. The number of halogens is 1. The van der Waals surface area contributed by atoms with Crippen molar-refractivity contribution >= 4 is 29.3 Å². The lowest BCUT2D eigenvalue weighted by Crippen LogP contribution is -2.15. The second-order valence-corrected chi connectivity index (χ2v) is 6.18. The van der Waals surface area contributed by atoms with Crippen molar-refractivity contribution in [1.82, 2.24) is 9.97 Å². The van der Waals surface area contributed by atoms with Crippen LogP contribution in [-0.2, 0) is 11.2 Å². The number of rotatable bonds is 6. The third kappa shape index (κ3) is 4.76. The Bertz CT molecular complexity index is 804. The van der Waals surface area contributed by atoms with E-state index in [0.717, 1.165) is 35.2 Å². The summed E-state index contributed by atoms with van der Waals surface area (Å²) in [5.41, 5.74) is 2.26. The molecule has 0 radical (unpaired) electrons. The third-order valence-electron chi connectivity index (χ3n) is 3.67. The van der Waals surface area contributed by atoms with Gasteiger partial charge in [-0.15, -0.1) is 0 Å². The van der Waals surface area contributed by atoms with Gasteiger partial charge in [0.15, 0.2) is 5.16 Å². The highest BCUT2D eigenvalue weighted by Crippen LogP contribution is 2.19. The summed E-state index contributed by atoms with van der Waals surface area (Å²) in [6, 6.07) is 3.26. The molecule has 0 saturated carbocycles. The summed E-state index contributed by atoms with van der Waals surface area (Å²) in [7, 11) is 0. The Labute approximate surface area is 148 Å². The highest BCUT2D eigenvalue weighted by Gasteiger charge is 2.13. The number of aryl methyl sites for hydroxylation is 2. The number of carboxylic acid groups (broad SMARTS) is 1. The zero-order chi connectivity index (χ0) is 18.6. The zero-order valence-electron chi connectivity index (χ0n) is 14.1. The molecule has 0 aliphatic heterocycles. The van der Waals surface area contributed by atoms with Gasteiger partial charge in [-0.1, -0.05) is 11.8 Å². The Morgan fingerprint density at radius 1 is 1.24 bits per heavy atom. The number of benzene rings is 1. The smallest absolute Gasteiger partial charge is 0.335 e. The van der Waals surface area contributed by atoms with Gasteiger partial charge in [0.25, 0.3) is 0 Å². The van der Waals surface area contributed by atoms with E-state index in [2.05, 4.69) is 15.3 Å². The lowest BCUT2D eigenvalue weighted by atomic mass is 10.1. The molecule has 0 spiro atoms. The number of carbonyl (C=O) groups is 2. The number of aromatic carboxylic acids is 1. The number of carbonyl (C=O) groups excluding carboxylic acids is 1. The lowest BCUT2D eigenvalue weighted by Gasteiger charge is -2.11. The standard InChI is InChI=1S/C17H18FN3O3S/c1-9-12(10(2)20-17(19-9)25-3)5-7-15(22)21-14-8-11(16(23)24)4-6-13(14)18/h4,6,8H,5,7H2,1-3H3,(H,21,22)(H,23,24). The molecule has 2 rings (SSSR count). The van der Waals surface area contributed by atoms with Crippen LogP contribution in [0.2, 0.25) is 0 Å². The van der Waals surface area contributed by atoms with E-state index in [-0.39, 0.29) is 17.7 Å². The molecule has 132 valence electrons. The molecule has 8 heteroatoms. The molecule has 25 heavy (non-hydrogen) atoms. The van der Waals surface area contributed by atoms with Gasteiger partial charge in [0, 0.05) is 17.8 Å². The van der Waals surface area contributed by atoms with Gasteiger partial charge in [0.2, 0.25) is 5.91 Å². The molecule has 0 aliphatic carbocycles. The van der Waals surface area contributed by atoms with Crippen LogP contribution < -0.4 is 5.32 Å². The maximum Gasteiger partial charge on any atom is 0.335 e. The van der Waals surface area contributed by atoms with Gasteiger partial charge in [-0.3, -0.25) is 4.79 Å². The molecule has 0 unspecified atom stereocenters. The number of nitrogens with one attached hydrogen (secondary N) is 1. The number of anilines is 1. The molecule has 2 N–H and O–H groups in total. The predicted molar refractivity (Wildman–Crippen MR) is 93.6 cm³/mol. The molecule has 0 bridgehead atoms. The highest BCUT2D eigenvalue weighted by molar-refractivity contribution is 7.98. The average molecular weight is 363 g/mol. The monoisotopic (exact) mass is 363 g/mol. The maximum absolute atomic E-state index is 13.7. The van der Waals surface area contributed by atoms with Gasteiger partial charge >= 0.3 is 5.97 Å². The lowest BCUT2D eigenvalue weighted by molar-refractivity contribution is -0.116. The van der Waals surface area contributed by atoms with Crippen LogP contribution in [0, 0.1) is 19.7 Å². The number of hydrogen-bond acceptors (Lipinski definition) is 5. The first kappa shape index (κ1) is 18.9. The highest BCUT2D eigenvalue weighted by atomic mass is 32.2. The van der Waals surface area contributed by atoms with Crippen molar-refractivity contribution in [3.63, 3.8) is 0 Å². The Hall–Kier alpha value is -2.48. The van der Waals surface area contributed by atoms with Gasteiger partial charge in [0.05, 0.1) is 11.3 Å². The molecule has 1 aromatic heterocycles. The van der Waals surface area contributed by atoms with Gasteiger partial charge < -0.3 is 10.4 Å². The Balaban J connectivity index is 2.07. The van der Waals surface area contributed by atoms with Crippen LogP contribution in [0.15, 0.2) is 23.4 Å². The first-order valence-corrected chi connectivity index (χ1v) is 8.75. The second-order valence-electron chi connectivity index (χ2n) is 5.41. The number of carboxylic acids is 1. The fraction of sp³-hybridized carbons (Fsp3) is 0.294. The summed E-state index contributed by atoms with van der Waals surface area (Å²) in [5.74, 6) is -2.28. The average Bonchev–Trinajstić information content (AvgIpc) is 2.55. The molecule has 0 aliphatic rings. The van der Waals surface area contributed by atoms with E-state index in [0.29, 0.717) is 11.6 Å². The molecule has 6 nitrogen and oxygen atoms in total. The van der Waals surface area contributed by atoms with E-state index in [4.69, 9.17) is 5.11 Å². The SMILES string of the molecule is CSc1nc(C)c(CCC(=O)Nc2cc(C(=O)O)ccc2F)c(C)n1. The van der Waals surface area contributed by atoms with Gasteiger partial charge in [0.1, 0.15) is 5.82 Å². The largest absolute Gasteiger partial charge is 0.478 e. The molecule has 1 aromatic carbocycles. The molecule has 0 saturated heterocycles. The van der Waals surface area contributed by atoms with Gasteiger partial charge in [-0.05, 0) is 50.3 Å². The topological polar surface area (TPSA) is 92.2 Å². The predicted octanol–water partition coefficient (Wildman–Crippen LogP) is 3.22. The van der Waals surface area contributed by atoms with Crippen molar-refractivity contribution in [2.45, 2.75) is 31.8 Å². The number of nitrogens with zero attached hydrogens (tertiary/aromatic N) is 2. The summed E-state index contributed by atoms with van der Waals surface area (Å²) in [6.07, 6.45) is 2.42. The number of aromatic nitrogens is 2. The normalized spacial score (nSPS) is 10.6. The quantitative estimate of drug-likeness (QED) is 0.605. The molecule has 0 atom stereocenters. The van der Waals surface area contributed by atoms with Crippen LogP contribution in [0.5, 0.6) is 0 Å². The van der Waals surface area contributed by atoms with E-state index in [1.165, 1.54) is 11.8 Å². The van der Waals surface area contributed by atoms with Crippen molar-refractivity contribution in [3.8, 4) is 0 Å². The van der Waals surface area contributed by atoms with Crippen LogP contribution in [0.1, 0.15) is 33.7 Å².